The summed E-state index contributed by atoms with van der Waals surface area (Å²) in [6.07, 6.45) is 3.34. The minimum atomic E-state index is 0.546. The lowest BCUT2D eigenvalue weighted by molar-refractivity contribution is 0.325. The van der Waals surface area contributed by atoms with Crippen LogP contribution in [0.1, 0.15) is 12.5 Å². The zero-order valence-corrected chi connectivity index (χ0v) is 11.2. The summed E-state index contributed by atoms with van der Waals surface area (Å²) in [4.78, 5) is 10.5. The molecule has 1 aromatic carbocycles. The molecule has 1 heterocycles. The molecule has 0 spiro atoms. The first-order valence-electron chi connectivity index (χ1n) is 6.19. The summed E-state index contributed by atoms with van der Waals surface area (Å²) < 4.78 is 5.35. The topological polar surface area (TPSA) is 64.3 Å². The molecule has 0 amide bonds. The fourth-order valence-corrected chi connectivity index (χ4v) is 1.72. The van der Waals surface area contributed by atoms with Crippen molar-refractivity contribution in [1.29, 1.82) is 0 Å². The molecule has 0 aliphatic rings. The minimum absolute atomic E-state index is 0.546. The van der Waals surface area contributed by atoms with Crippen molar-refractivity contribution < 1.29 is 4.74 Å². The second-order valence-corrected chi connectivity index (χ2v) is 4.25. The lowest BCUT2D eigenvalue weighted by atomic mass is 10.2. The van der Waals surface area contributed by atoms with Crippen molar-refractivity contribution in [1.82, 2.24) is 9.97 Å². The van der Waals surface area contributed by atoms with Crippen LogP contribution in [-0.4, -0.2) is 23.6 Å². The van der Waals surface area contributed by atoms with Crippen molar-refractivity contribution in [2.45, 2.75) is 13.5 Å². The van der Waals surface area contributed by atoms with E-state index in [0.29, 0.717) is 12.5 Å². The van der Waals surface area contributed by atoms with Crippen molar-refractivity contribution in [2.75, 3.05) is 24.3 Å². The van der Waals surface area contributed by atoms with E-state index in [1.807, 2.05) is 43.1 Å². The van der Waals surface area contributed by atoms with Gasteiger partial charge in [-0.1, -0.05) is 12.1 Å². The molecule has 2 rings (SSSR count). The normalized spacial score (nSPS) is 10.2. The van der Waals surface area contributed by atoms with Crippen LogP contribution >= 0.6 is 0 Å². The maximum absolute atomic E-state index is 5.67. The minimum Gasteiger partial charge on any atom is -0.477 e. The molecule has 0 unspecified atom stereocenters. The number of aromatic nitrogens is 2. The molecule has 2 N–H and O–H groups in total. The van der Waals surface area contributed by atoms with Crippen LogP contribution in [0.25, 0.3) is 0 Å². The zero-order valence-electron chi connectivity index (χ0n) is 11.2. The fraction of sp³-hybridized carbons (Fsp3) is 0.286. The smallest absolute Gasteiger partial charge is 0.234 e. The number of hydrogen-bond acceptors (Lipinski definition) is 5. The van der Waals surface area contributed by atoms with Crippen LogP contribution in [0, 0.1) is 0 Å². The van der Waals surface area contributed by atoms with Gasteiger partial charge in [-0.3, -0.25) is 4.98 Å². The molecule has 0 radical (unpaired) electrons. The molecule has 5 heteroatoms. The van der Waals surface area contributed by atoms with E-state index in [1.165, 1.54) is 5.56 Å². The van der Waals surface area contributed by atoms with E-state index in [0.717, 1.165) is 18.1 Å². The van der Waals surface area contributed by atoms with E-state index >= 15 is 0 Å². The number of anilines is 2. The van der Waals surface area contributed by atoms with Crippen molar-refractivity contribution in [3.8, 4) is 5.88 Å². The maximum atomic E-state index is 5.67. The lowest BCUT2D eigenvalue weighted by Gasteiger charge is -2.18. The first kappa shape index (κ1) is 13.1. The standard InChI is InChI=1S/C14H18N4O/c1-3-19-14-9-16-8-13(17-14)18(2)10-11-4-6-12(15)7-5-11/h4-9H,3,10,15H2,1-2H3. The van der Waals surface area contributed by atoms with E-state index in [1.54, 1.807) is 12.4 Å². The van der Waals surface area contributed by atoms with Gasteiger partial charge in [-0.15, -0.1) is 0 Å². The molecule has 0 atom stereocenters. The van der Waals surface area contributed by atoms with Crippen LogP contribution in [0.15, 0.2) is 36.7 Å². The molecule has 5 nitrogen and oxygen atoms in total. The van der Waals surface area contributed by atoms with Crippen LogP contribution in [0.5, 0.6) is 5.88 Å². The van der Waals surface area contributed by atoms with E-state index < -0.39 is 0 Å². The third-order valence-corrected chi connectivity index (χ3v) is 2.68. The van der Waals surface area contributed by atoms with Crippen LogP contribution < -0.4 is 15.4 Å². The van der Waals surface area contributed by atoms with Crippen molar-refractivity contribution >= 4 is 11.5 Å². The average molecular weight is 258 g/mol. The van der Waals surface area contributed by atoms with E-state index in [9.17, 15) is 0 Å². The van der Waals surface area contributed by atoms with Gasteiger partial charge in [-0.05, 0) is 24.6 Å². The quantitative estimate of drug-likeness (QED) is 0.832. The van der Waals surface area contributed by atoms with Gasteiger partial charge in [0, 0.05) is 19.3 Å². The molecular weight excluding hydrogens is 240 g/mol. The maximum Gasteiger partial charge on any atom is 0.234 e. The van der Waals surface area contributed by atoms with Gasteiger partial charge >= 0.3 is 0 Å². The SMILES string of the molecule is CCOc1cncc(N(C)Cc2ccc(N)cc2)n1. The van der Waals surface area contributed by atoms with Gasteiger partial charge in [0.25, 0.3) is 0 Å². The third-order valence-electron chi connectivity index (χ3n) is 2.68. The fourth-order valence-electron chi connectivity index (χ4n) is 1.72. The Morgan fingerprint density at radius 3 is 2.63 bits per heavy atom. The second kappa shape index (κ2) is 6.04. The van der Waals surface area contributed by atoms with Crippen molar-refractivity contribution in [3.63, 3.8) is 0 Å². The molecule has 2 aromatic rings. The first-order chi connectivity index (χ1) is 9.19. The van der Waals surface area contributed by atoms with Crippen LogP contribution in [0.4, 0.5) is 11.5 Å². The Balaban J connectivity index is 2.08. The van der Waals surface area contributed by atoms with Gasteiger partial charge in [-0.25, -0.2) is 0 Å². The van der Waals surface area contributed by atoms with Gasteiger partial charge in [0.15, 0.2) is 5.82 Å². The summed E-state index contributed by atoms with van der Waals surface area (Å²) in [5.41, 5.74) is 7.60. The molecule has 0 saturated carbocycles. The number of benzene rings is 1. The highest BCUT2D eigenvalue weighted by Crippen LogP contribution is 2.15. The Labute approximate surface area is 113 Å². The lowest BCUT2D eigenvalue weighted by Crippen LogP contribution is -2.18. The predicted octanol–water partition coefficient (Wildman–Crippen LogP) is 2.09. The molecule has 0 aliphatic carbocycles. The van der Waals surface area contributed by atoms with E-state index in [4.69, 9.17) is 10.5 Å². The van der Waals surface area contributed by atoms with Gasteiger partial charge in [0.05, 0.1) is 19.0 Å². The number of nitrogens with two attached hydrogens (primary N) is 1. The summed E-state index contributed by atoms with van der Waals surface area (Å²) in [5.74, 6) is 1.33. The molecule has 0 bridgehead atoms. The molecule has 0 fully saturated rings. The highest BCUT2D eigenvalue weighted by molar-refractivity contribution is 5.42. The molecular formula is C14H18N4O. The monoisotopic (exact) mass is 258 g/mol. The summed E-state index contributed by atoms with van der Waals surface area (Å²) in [7, 11) is 1.97. The van der Waals surface area contributed by atoms with Gasteiger partial charge in [0.1, 0.15) is 0 Å². The van der Waals surface area contributed by atoms with Crippen LogP contribution in [0.3, 0.4) is 0 Å². The number of hydrogen-bond donors (Lipinski definition) is 1. The highest BCUT2D eigenvalue weighted by atomic mass is 16.5. The zero-order chi connectivity index (χ0) is 13.7. The number of ether oxygens (including phenoxy) is 1. The first-order valence-corrected chi connectivity index (χ1v) is 6.19. The number of rotatable bonds is 5. The Hall–Kier alpha value is -2.30. The molecule has 19 heavy (non-hydrogen) atoms. The summed E-state index contributed by atoms with van der Waals surface area (Å²) in [6.45, 7) is 3.25. The molecule has 0 saturated heterocycles. The van der Waals surface area contributed by atoms with Gasteiger partial charge in [0.2, 0.25) is 5.88 Å². The number of nitrogen functional groups attached to an aromatic ring is 1. The van der Waals surface area contributed by atoms with E-state index in [-0.39, 0.29) is 0 Å². The molecule has 100 valence electrons. The molecule has 1 aromatic heterocycles. The second-order valence-electron chi connectivity index (χ2n) is 4.25. The summed E-state index contributed by atoms with van der Waals surface area (Å²) in [5, 5.41) is 0. The Kier molecular flexibility index (Phi) is 4.18. The van der Waals surface area contributed by atoms with Crippen molar-refractivity contribution in [3.05, 3.63) is 42.2 Å². The van der Waals surface area contributed by atoms with Gasteiger partial charge < -0.3 is 15.4 Å². The van der Waals surface area contributed by atoms with E-state index in [2.05, 4.69) is 9.97 Å². The van der Waals surface area contributed by atoms with Crippen LogP contribution in [0.2, 0.25) is 0 Å². The Morgan fingerprint density at radius 1 is 1.21 bits per heavy atom. The predicted molar refractivity (Wildman–Crippen MR) is 76.2 cm³/mol. The summed E-state index contributed by atoms with van der Waals surface area (Å²) in [6, 6.07) is 7.80. The Bertz CT molecular complexity index is 527. The highest BCUT2D eigenvalue weighted by Gasteiger charge is 2.06. The number of nitrogens with zero attached hydrogens (tertiary/aromatic N) is 3. The largest absolute Gasteiger partial charge is 0.477 e. The average Bonchev–Trinajstić information content (AvgIpc) is 2.42. The van der Waals surface area contributed by atoms with Crippen LogP contribution in [-0.2, 0) is 6.54 Å². The summed E-state index contributed by atoms with van der Waals surface area (Å²) >= 11 is 0. The van der Waals surface area contributed by atoms with Gasteiger partial charge in [-0.2, -0.15) is 4.98 Å². The molecule has 0 aliphatic heterocycles. The van der Waals surface area contributed by atoms with Crippen molar-refractivity contribution in [2.24, 2.45) is 0 Å². The Morgan fingerprint density at radius 2 is 1.95 bits per heavy atom. The third kappa shape index (κ3) is 3.58.